The predicted molar refractivity (Wildman–Crippen MR) is 73.6 cm³/mol. The molecule has 0 aromatic heterocycles. The third-order valence-corrected chi connectivity index (χ3v) is 3.31. The number of carbonyl (C=O) groups excluding carboxylic acids is 1. The van der Waals surface area contributed by atoms with Crippen LogP contribution in [0.4, 0.5) is 0 Å². The molecule has 0 radical (unpaired) electrons. The van der Waals surface area contributed by atoms with Gasteiger partial charge >= 0.3 is 0 Å². The number of halogens is 1. The summed E-state index contributed by atoms with van der Waals surface area (Å²) >= 11 is 3.39. The molecule has 0 aliphatic carbocycles. The summed E-state index contributed by atoms with van der Waals surface area (Å²) in [4.78, 5) is 11.8. The number of benzene rings is 1. The fraction of sp³-hybridized carbons (Fsp3) is 0.462. The molecule has 1 rings (SSSR count). The Labute approximate surface area is 111 Å². The number of nitrogens with one attached hydrogen (secondary N) is 1. The Morgan fingerprint density at radius 2 is 1.94 bits per heavy atom. The zero-order valence-corrected chi connectivity index (χ0v) is 12.0. The second kappa shape index (κ2) is 5.65. The Hall–Kier alpha value is -0.870. The maximum atomic E-state index is 11.8. The molecule has 1 amide bonds. The highest BCUT2D eigenvalue weighted by atomic mass is 79.9. The van der Waals surface area contributed by atoms with E-state index in [1.165, 1.54) is 0 Å². The standard InChI is InChI=1S/C13H19BrN2O/c1-4-11(15)12(17)16-13(2,3)9-5-7-10(14)8-6-9/h5-8,11H,4,15H2,1-3H3,(H,16,17)/t11-/m0/s1. The van der Waals surface area contributed by atoms with E-state index >= 15 is 0 Å². The fourth-order valence-electron chi connectivity index (χ4n) is 1.52. The van der Waals surface area contributed by atoms with Gasteiger partial charge in [0.2, 0.25) is 5.91 Å². The molecule has 0 aliphatic heterocycles. The topological polar surface area (TPSA) is 55.1 Å². The largest absolute Gasteiger partial charge is 0.346 e. The van der Waals surface area contributed by atoms with E-state index in [0.717, 1.165) is 10.0 Å². The molecule has 1 aromatic carbocycles. The predicted octanol–water partition coefficient (Wildman–Crippen LogP) is 2.54. The molecule has 0 unspecified atom stereocenters. The lowest BCUT2D eigenvalue weighted by molar-refractivity contribution is -0.124. The minimum Gasteiger partial charge on any atom is -0.346 e. The summed E-state index contributed by atoms with van der Waals surface area (Å²) in [6.07, 6.45) is 0.641. The lowest BCUT2D eigenvalue weighted by Gasteiger charge is -2.28. The highest BCUT2D eigenvalue weighted by molar-refractivity contribution is 9.10. The lowest BCUT2D eigenvalue weighted by atomic mass is 9.94. The van der Waals surface area contributed by atoms with Crippen molar-refractivity contribution in [2.24, 2.45) is 5.73 Å². The molecule has 0 saturated carbocycles. The molecule has 1 aromatic rings. The van der Waals surface area contributed by atoms with E-state index in [2.05, 4.69) is 21.2 Å². The Balaban J connectivity index is 2.81. The van der Waals surface area contributed by atoms with Gasteiger partial charge in [-0.25, -0.2) is 0 Å². The first-order chi connectivity index (χ1) is 7.86. The van der Waals surface area contributed by atoms with Crippen molar-refractivity contribution in [3.05, 3.63) is 34.3 Å². The van der Waals surface area contributed by atoms with Gasteiger partial charge in [0.1, 0.15) is 0 Å². The lowest BCUT2D eigenvalue weighted by Crippen LogP contribution is -2.48. The quantitative estimate of drug-likeness (QED) is 0.897. The van der Waals surface area contributed by atoms with E-state index in [9.17, 15) is 4.79 Å². The molecule has 1 atom stereocenters. The normalized spacial score (nSPS) is 13.2. The average molecular weight is 299 g/mol. The van der Waals surface area contributed by atoms with Gasteiger partial charge in [0.25, 0.3) is 0 Å². The summed E-state index contributed by atoms with van der Waals surface area (Å²) in [5, 5.41) is 2.96. The van der Waals surface area contributed by atoms with Gasteiger partial charge in [0.05, 0.1) is 11.6 Å². The Kier molecular flexibility index (Phi) is 4.71. The van der Waals surface area contributed by atoms with Gasteiger partial charge in [0, 0.05) is 4.47 Å². The molecule has 0 heterocycles. The molecule has 0 aliphatic rings. The maximum absolute atomic E-state index is 11.8. The number of rotatable bonds is 4. The van der Waals surface area contributed by atoms with Crippen molar-refractivity contribution in [3.8, 4) is 0 Å². The first kappa shape index (κ1) is 14.2. The number of amides is 1. The van der Waals surface area contributed by atoms with Crippen LogP contribution in [0.2, 0.25) is 0 Å². The van der Waals surface area contributed by atoms with E-state index in [-0.39, 0.29) is 5.91 Å². The van der Waals surface area contributed by atoms with Crippen molar-refractivity contribution in [2.45, 2.75) is 38.8 Å². The first-order valence-corrected chi connectivity index (χ1v) is 6.49. The molecular weight excluding hydrogens is 280 g/mol. The van der Waals surface area contributed by atoms with E-state index in [4.69, 9.17) is 5.73 Å². The van der Waals surface area contributed by atoms with Gasteiger partial charge in [0.15, 0.2) is 0 Å². The molecule has 0 spiro atoms. The molecule has 0 fully saturated rings. The highest BCUT2D eigenvalue weighted by Gasteiger charge is 2.24. The molecule has 17 heavy (non-hydrogen) atoms. The van der Waals surface area contributed by atoms with Crippen LogP contribution >= 0.6 is 15.9 Å². The first-order valence-electron chi connectivity index (χ1n) is 5.70. The highest BCUT2D eigenvalue weighted by Crippen LogP contribution is 2.22. The van der Waals surface area contributed by atoms with Crippen LogP contribution in [0.15, 0.2) is 28.7 Å². The molecule has 3 N–H and O–H groups in total. The molecule has 0 saturated heterocycles. The van der Waals surface area contributed by atoms with E-state index in [1.54, 1.807) is 0 Å². The average Bonchev–Trinajstić information content (AvgIpc) is 2.27. The smallest absolute Gasteiger partial charge is 0.237 e. The molecule has 94 valence electrons. The van der Waals surface area contributed by atoms with Crippen molar-refractivity contribution in [1.29, 1.82) is 0 Å². The molecule has 4 heteroatoms. The molecule has 3 nitrogen and oxygen atoms in total. The van der Waals surface area contributed by atoms with Crippen molar-refractivity contribution in [3.63, 3.8) is 0 Å². The van der Waals surface area contributed by atoms with Gasteiger partial charge in [-0.3, -0.25) is 4.79 Å². The minimum absolute atomic E-state index is 0.111. The SMILES string of the molecule is CC[C@H](N)C(=O)NC(C)(C)c1ccc(Br)cc1. The zero-order valence-electron chi connectivity index (χ0n) is 10.5. The summed E-state index contributed by atoms with van der Waals surface area (Å²) in [7, 11) is 0. The monoisotopic (exact) mass is 298 g/mol. The van der Waals surface area contributed by atoms with Gasteiger partial charge in [-0.2, -0.15) is 0 Å². The fourth-order valence-corrected chi connectivity index (χ4v) is 1.79. The number of carbonyl (C=O) groups is 1. The number of hydrogen-bond acceptors (Lipinski definition) is 2. The summed E-state index contributed by atoms with van der Waals surface area (Å²) in [6, 6.07) is 7.46. The summed E-state index contributed by atoms with van der Waals surface area (Å²) in [5.41, 5.74) is 6.35. The van der Waals surface area contributed by atoms with Crippen molar-refractivity contribution in [1.82, 2.24) is 5.32 Å². The van der Waals surface area contributed by atoms with Gasteiger partial charge < -0.3 is 11.1 Å². The summed E-state index contributed by atoms with van der Waals surface area (Å²) in [5.74, 6) is -0.111. The molecule has 0 bridgehead atoms. The van der Waals surface area contributed by atoms with Crippen molar-refractivity contribution < 1.29 is 4.79 Å². The second-order valence-electron chi connectivity index (χ2n) is 4.64. The van der Waals surface area contributed by atoms with Crippen LogP contribution in [-0.2, 0) is 10.3 Å². The second-order valence-corrected chi connectivity index (χ2v) is 5.55. The van der Waals surface area contributed by atoms with E-state index in [1.807, 2.05) is 45.0 Å². The zero-order chi connectivity index (χ0) is 13.1. The number of nitrogens with two attached hydrogens (primary N) is 1. The summed E-state index contributed by atoms with van der Waals surface area (Å²) < 4.78 is 1.02. The van der Waals surface area contributed by atoms with E-state index in [0.29, 0.717) is 6.42 Å². The van der Waals surface area contributed by atoms with Crippen LogP contribution in [0.5, 0.6) is 0 Å². The van der Waals surface area contributed by atoms with Crippen LogP contribution in [0.1, 0.15) is 32.8 Å². The van der Waals surface area contributed by atoms with Crippen LogP contribution in [-0.4, -0.2) is 11.9 Å². The van der Waals surface area contributed by atoms with Crippen molar-refractivity contribution in [2.75, 3.05) is 0 Å². The molecular formula is C13H19BrN2O. The Morgan fingerprint density at radius 1 is 1.41 bits per heavy atom. The number of hydrogen-bond donors (Lipinski definition) is 2. The van der Waals surface area contributed by atoms with Gasteiger partial charge in [-0.15, -0.1) is 0 Å². The third kappa shape index (κ3) is 3.82. The van der Waals surface area contributed by atoms with Crippen LogP contribution in [0.25, 0.3) is 0 Å². The van der Waals surface area contributed by atoms with Gasteiger partial charge in [-0.05, 0) is 38.0 Å². The summed E-state index contributed by atoms with van der Waals surface area (Å²) in [6.45, 7) is 5.84. The maximum Gasteiger partial charge on any atom is 0.237 e. The van der Waals surface area contributed by atoms with E-state index < -0.39 is 11.6 Å². The Morgan fingerprint density at radius 3 is 2.41 bits per heavy atom. The third-order valence-electron chi connectivity index (χ3n) is 2.78. The van der Waals surface area contributed by atoms with Gasteiger partial charge in [-0.1, -0.05) is 35.0 Å². The van der Waals surface area contributed by atoms with Crippen LogP contribution < -0.4 is 11.1 Å². The van der Waals surface area contributed by atoms with Crippen molar-refractivity contribution >= 4 is 21.8 Å². The Bertz CT molecular complexity index is 387. The minimum atomic E-state index is -0.440. The van der Waals surface area contributed by atoms with Crippen LogP contribution in [0.3, 0.4) is 0 Å². The van der Waals surface area contributed by atoms with Crippen LogP contribution in [0, 0.1) is 0 Å².